The zero-order valence-electron chi connectivity index (χ0n) is 20.5. The van der Waals surface area contributed by atoms with Gasteiger partial charge in [0.05, 0.1) is 12.6 Å². The highest BCUT2D eigenvalue weighted by Crippen LogP contribution is 2.12. The molecule has 0 heterocycles. The van der Waals surface area contributed by atoms with Gasteiger partial charge in [0.15, 0.2) is 0 Å². The third-order valence-corrected chi connectivity index (χ3v) is 5.35. The topological polar surface area (TPSA) is 131 Å². The molecule has 0 aromatic heterocycles. The number of anilines is 1. The first kappa shape index (κ1) is 27.5. The average molecular weight is 481 g/mol. The summed E-state index contributed by atoms with van der Waals surface area (Å²) in [5.74, 6) is 4.44. The molecule has 0 radical (unpaired) electrons. The molecule has 0 fully saturated rings. The molecule has 0 saturated carbocycles. The maximum absolute atomic E-state index is 12.3. The van der Waals surface area contributed by atoms with E-state index in [2.05, 4.69) is 22.5 Å². The van der Waals surface area contributed by atoms with Crippen LogP contribution in [0.2, 0.25) is 0 Å². The molecule has 2 rings (SSSR count). The van der Waals surface area contributed by atoms with E-state index in [0.29, 0.717) is 11.3 Å². The number of likely N-dealkylation sites (N-methyl/N-ethyl adjacent to an activating group) is 1. The predicted octanol–water partition coefficient (Wildman–Crippen LogP) is 1.74. The molecule has 0 spiro atoms. The molecule has 0 bridgehead atoms. The predicted molar refractivity (Wildman–Crippen MR) is 133 cm³/mol. The zero-order valence-corrected chi connectivity index (χ0v) is 20.5. The van der Waals surface area contributed by atoms with Crippen LogP contribution in [0, 0.1) is 11.8 Å². The van der Waals surface area contributed by atoms with Crippen LogP contribution in [0.25, 0.3) is 0 Å². The molecule has 0 aliphatic heterocycles. The van der Waals surface area contributed by atoms with E-state index in [1.165, 1.54) is 12.4 Å². The molecule has 2 atom stereocenters. The molecule has 5 N–H and O–H groups in total. The van der Waals surface area contributed by atoms with Crippen molar-refractivity contribution in [1.29, 1.82) is 0 Å². The van der Waals surface area contributed by atoms with Crippen molar-refractivity contribution in [3.8, 4) is 11.8 Å². The first-order valence-corrected chi connectivity index (χ1v) is 11.1. The normalized spacial score (nSPS) is 12.7. The van der Waals surface area contributed by atoms with Gasteiger partial charge < -0.3 is 15.7 Å². The Morgan fingerprint density at radius 1 is 0.971 bits per heavy atom. The van der Waals surface area contributed by atoms with Crippen molar-refractivity contribution in [2.45, 2.75) is 45.4 Å². The maximum atomic E-state index is 12.3. The fourth-order valence-corrected chi connectivity index (χ4v) is 2.84. The number of hydroxylamine groups is 1. The van der Waals surface area contributed by atoms with Gasteiger partial charge in [0.25, 0.3) is 11.8 Å². The Morgan fingerprint density at radius 2 is 1.49 bits per heavy atom. The van der Waals surface area contributed by atoms with Crippen molar-refractivity contribution >= 4 is 23.4 Å². The highest BCUT2D eigenvalue weighted by molar-refractivity contribution is 5.97. The average Bonchev–Trinajstić information content (AvgIpc) is 2.80. The van der Waals surface area contributed by atoms with Crippen LogP contribution in [0.3, 0.4) is 0 Å². The Hall–Kier alpha value is -3.71. The van der Waals surface area contributed by atoms with Crippen LogP contribution in [0.1, 0.15) is 49.2 Å². The molecule has 0 aliphatic carbocycles. The van der Waals surface area contributed by atoms with Crippen molar-refractivity contribution in [3.63, 3.8) is 0 Å². The van der Waals surface area contributed by atoms with Crippen molar-refractivity contribution in [2.24, 2.45) is 0 Å². The number of hydrogen-bond acceptors (Lipinski definition) is 6. The molecular formula is C26H32N4O5. The van der Waals surface area contributed by atoms with Crippen LogP contribution in [-0.4, -0.2) is 64.2 Å². The second-order valence-corrected chi connectivity index (χ2v) is 9.15. The monoisotopic (exact) mass is 480 g/mol. The lowest BCUT2D eigenvalue weighted by molar-refractivity contribution is -0.133. The molecular weight excluding hydrogens is 448 g/mol. The van der Waals surface area contributed by atoms with E-state index in [0.717, 1.165) is 5.56 Å². The number of aliphatic hydroxyl groups excluding tert-OH is 1. The Morgan fingerprint density at radius 3 is 1.94 bits per heavy atom. The Kier molecular flexibility index (Phi) is 9.54. The second kappa shape index (κ2) is 12.1. The molecule has 35 heavy (non-hydrogen) atoms. The summed E-state index contributed by atoms with van der Waals surface area (Å²) in [5, 5.41) is 23.6. The van der Waals surface area contributed by atoms with Gasteiger partial charge in [0.2, 0.25) is 5.91 Å². The van der Waals surface area contributed by atoms with Gasteiger partial charge in [-0.15, -0.1) is 0 Å². The minimum absolute atomic E-state index is 0.0952. The van der Waals surface area contributed by atoms with Crippen LogP contribution in [0.4, 0.5) is 5.69 Å². The molecule has 2 unspecified atom stereocenters. The van der Waals surface area contributed by atoms with Gasteiger partial charge >= 0.3 is 0 Å². The third-order valence-electron chi connectivity index (χ3n) is 5.35. The van der Waals surface area contributed by atoms with Gasteiger partial charge in [-0.2, -0.15) is 0 Å². The lowest BCUT2D eigenvalue weighted by atomic mass is 10.1. The number of nitrogens with zero attached hydrogens (tertiary/aromatic N) is 1. The van der Waals surface area contributed by atoms with Gasteiger partial charge in [0, 0.05) is 27.9 Å². The Bertz CT molecular complexity index is 1090. The Labute approximate surface area is 205 Å². The molecule has 0 aliphatic rings. The van der Waals surface area contributed by atoms with Gasteiger partial charge in [-0.3, -0.25) is 24.5 Å². The largest absolute Gasteiger partial charge is 0.391 e. The van der Waals surface area contributed by atoms with Crippen LogP contribution in [-0.2, 0) is 9.59 Å². The molecule has 9 heteroatoms. The van der Waals surface area contributed by atoms with E-state index < -0.39 is 24.0 Å². The van der Waals surface area contributed by atoms with Crippen molar-refractivity contribution in [3.05, 3.63) is 65.2 Å². The summed E-state index contributed by atoms with van der Waals surface area (Å²) in [6, 6.07) is 12.3. The number of nitrogens with one attached hydrogen (secondary N) is 3. The number of hydrogen-bond donors (Lipinski definition) is 5. The van der Waals surface area contributed by atoms with E-state index in [1.54, 1.807) is 48.5 Å². The summed E-state index contributed by atoms with van der Waals surface area (Å²) >= 11 is 0. The zero-order chi connectivity index (χ0) is 26.2. The first-order chi connectivity index (χ1) is 16.4. The fraction of sp³-hybridized carbons (Fsp3) is 0.346. The van der Waals surface area contributed by atoms with Crippen LogP contribution >= 0.6 is 0 Å². The smallest absolute Gasteiger partial charge is 0.268 e. The van der Waals surface area contributed by atoms with Crippen LogP contribution in [0.15, 0.2) is 48.5 Å². The SMILES string of the molecule is CC(O)C(NC(=O)c1ccc(C#Cc2ccc(NC(=O)CN(C)C(C)(C)C)cc2)cc1)C(=O)NO. The summed E-state index contributed by atoms with van der Waals surface area (Å²) in [6.07, 6.45) is -1.19. The summed E-state index contributed by atoms with van der Waals surface area (Å²) in [7, 11) is 1.90. The fourth-order valence-electron chi connectivity index (χ4n) is 2.84. The summed E-state index contributed by atoms with van der Waals surface area (Å²) in [4.78, 5) is 38.1. The molecule has 2 aromatic carbocycles. The summed E-state index contributed by atoms with van der Waals surface area (Å²) in [5.41, 5.74) is 3.69. The number of aliphatic hydroxyl groups is 1. The maximum Gasteiger partial charge on any atom is 0.268 e. The number of rotatable bonds is 7. The van der Waals surface area contributed by atoms with Crippen molar-refractivity contribution < 1.29 is 24.7 Å². The first-order valence-electron chi connectivity index (χ1n) is 11.1. The molecule has 186 valence electrons. The van der Waals surface area contributed by atoms with Gasteiger partial charge in [-0.05, 0) is 83.3 Å². The van der Waals surface area contributed by atoms with Crippen LogP contribution < -0.4 is 16.1 Å². The van der Waals surface area contributed by atoms with E-state index in [9.17, 15) is 19.5 Å². The van der Waals surface area contributed by atoms with E-state index in [4.69, 9.17) is 5.21 Å². The lowest BCUT2D eigenvalue weighted by Gasteiger charge is -2.31. The van der Waals surface area contributed by atoms with Gasteiger partial charge in [-0.1, -0.05) is 11.8 Å². The minimum atomic E-state index is -1.29. The number of amides is 3. The molecule has 3 amide bonds. The standard InChI is InChI=1S/C26H32N4O5/c1-17(31)23(25(34)29-35)28-24(33)20-12-8-18(9-13-20)6-7-19-10-14-21(15-11-19)27-22(32)16-30(5)26(2,3)4/h8-15,17,23,31,35H,16H2,1-5H3,(H,27,32)(H,28,33)(H,29,34). The lowest BCUT2D eigenvalue weighted by Crippen LogP contribution is -2.51. The van der Waals surface area contributed by atoms with E-state index >= 15 is 0 Å². The highest BCUT2D eigenvalue weighted by atomic mass is 16.5. The molecule has 2 aromatic rings. The third kappa shape index (κ3) is 8.54. The summed E-state index contributed by atoms with van der Waals surface area (Å²) < 4.78 is 0. The van der Waals surface area contributed by atoms with Gasteiger partial charge in [0.1, 0.15) is 6.04 Å². The van der Waals surface area contributed by atoms with Crippen molar-refractivity contribution in [1.82, 2.24) is 15.7 Å². The molecule has 0 saturated heterocycles. The number of carbonyl (C=O) groups is 3. The minimum Gasteiger partial charge on any atom is -0.391 e. The highest BCUT2D eigenvalue weighted by Gasteiger charge is 2.25. The number of carbonyl (C=O) groups excluding carboxylic acids is 3. The summed E-state index contributed by atoms with van der Waals surface area (Å²) in [6.45, 7) is 7.74. The number of benzene rings is 2. The molecule has 9 nitrogen and oxygen atoms in total. The van der Waals surface area contributed by atoms with E-state index in [1.807, 2.05) is 32.7 Å². The van der Waals surface area contributed by atoms with Crippen molar-refractivity contribution in [2.75, 3.05) is 18.9 Å². The second-order valence-electron chi connectivity index (χ2n) is 9.15. The Balaban J connectivity index is 1.98. The van der Waals surface area contributed by atoms with E-state index in [-0.39, 0.29) is 23.6 Å². The van der Waals surface area contributed by atoms with Gasteiger partial charge in [-0.25, -0.2) is 5.48 Å². The van der Waals surface area contributed by atoms with Crippen LogP contribution in [0.5, 0.6) is 0 Å². The quantitative estimate of drug-likeness (QED) is 0.233.